The SMILES string of the molecule is CCCCC(=O)NC(=S)Nc1ccc(N)cc1C. The number of hydrogen-bond donors (Lipinski definition) is 3. The second kappa shape index (κ2) is 6.96. The summed E-state index contributed by atoms with van der Waals surface area (Å²) in [6, 6.07) is 5.48. The van der Waals surface area contributed by atoms with E-state index in [9.17, 15) is 4.79 Å². The molecule has 1 amide bonds. The van der Waals surface area contributed by atoms with Gasteiger partial charge in [0.2, 0.25) is 5.91 Å². The number of nitrogen functional groups attached to an aromatic ring is 1. The lowest BCUT2D eigenvalue weighted by Crippen LogP contribution is -2.34. The van der Waals surface area contributed by atoms with E-state index in [2.05, 4.69) is 10.6 Å². The Labute approximate surface area is 113 Å². The molecule has 0 aliphatic heterocycles. The lowest BCUT2D eigenvalue weighted by molar-refractivity contribution is -0.119. The Bertz CT molecular complexity index is 446. The number of nitrogens with one attached hydrogen (secondary N) is 2. The van der Waals surface area contributed by atoms with Crippen LogP contribution in [0.25, 0.3) is 0 Å². The van der Waals surface area contributed by atoms with Gasteiger partial charge in [0.15, 0.2) is 5.11 Å². The van der Waals surface area contributed by atoms with Gasteiger partial charge in [-0.3, -0.25) is 4.79 Å². The molecule has 0 aliphatic carbocycles. The lowest BCUT2D eigenvalue weighted by atomic mass is 10.2. The number of nitrogens with two attached hydrogens (primary N) is 1. The molecule has 0 aliphatic rings. The van der Waals surface area contributed by atoms with Crippen molar-refractivity contribution < 1.29 is 4.79 Å². The van der Waals surface area contributed by atoms with E-state index in [0.29, 0.717) is 17.2 Å². The zero-order valence-electron chi connectivity index (χ0n) is 10.7. The summed E-state index contributed by atoms with van der Waals surface area (Å²) >= 11 is 5.08. The van der Waals surface area contributed by atoms with Gasteiger partial charge in [-0.05, 0) is 49.3 Å². The molecule has 18 heavy (non-hydrogen) atoms. The van der Waals surface area contributed by atoms with Crippen LogP contribution in [0.3, 0.4) is 0 Å². The Kier molecular flexibility index (Phi) is 5.58. The van der Waals surface area contributed by atoms with Crippen molar-refractivity contribution in [1.82, 2.24) is 5.32 Å². The molecule has 1 rings (SSSR count). The second-order valence-electron chi connectivity index (χ2n) is 4.18. The van der Waals surface area contributed by atoms with Gasteiger partial charge in [-0.25, -0.2) is 0 Å². The van der Waals surface area contributed by atoms with Crippen molar-refractivity contribution in [2.24, 2.45) is 0 Å². The summed E-state index contributed by atoms with van der Waals surface area (Å²) in [5.74, 6) is -0.0533. The molecule has 4 nitrogen and oxygen atoms in total. The molecule has 0 unspecified atom stereocenters. The summed E-state index contributed by atoms with van der Waals surface area (Å²) in [5, 5.41) is 5.97. The Balaban J connectivity index is 2.51. The standard InChI is InChI=1S/C13H19N3OS/c1-3-4-5-12(17)16-13(18)15-11-7-6-10(14)8-9(11)2/h6-8H,3-5,14H2,1-2H3,(H2,15,16,17,18). The van der Waals surface area contributed by atoms with Crippen LogP contribution in [0.4, 0.5) is 11.4 Å². The van der Waals surface area contributed by atoms with Crippen molar-refractivity contribution in [3.8, 4) is 0 Å². The minimum absolute atomic E-state index is 0.0533. The van der Waals surface area contributed by atoms with Gasteiger partial charge in [-0.1, -0.05) is 13.3 Å². The third-order valence-corrected chi connectivity index (χ3v) is 2.71. The number of hydrogen-bond acceptors (Lipinski definition) is 3. The van der Waals surface area contributed by atoms with Crippen LogP contribution in [-0.4, -0.2) is 11.0 Å². The molecule has 0 fully saturated rings. The zero-order chi connectivity index (χ0) is 13.5. The summed E-state index contributed by atoms with van der Waals surface area (Å²) < 4.78 is 0. The number of thiocarbonyl (C=S) groups is 1. The van der Waals surface area contributed by atoms with E-state index in [1.54, 1.807) is 6.07 Å². The maximum absolute atomic E-state index is 11.5. The number of rotatable bonds is 4. The number of anilines is 2. The fraction of sp³-hybridized carbons (Fsp3) is 0.385. The van der Waals surface area contributed by atoms with E-state index in [-0.39, 0.29) is 5.91 Å². The maximum Gasteiger partial charge on any atom is 0.226 e. The van der Waals surface area contributed by atoms with Gasteiger partial charge >= 0.3 is 0 Å². The van der Waals surface area contributed by atoms with Crippen molar-refractivity contribution in [2.75, 3.05) is 11.1 Å². The van der Waals surface area contributed by atoms with Crippen LogP contribution in [0.2, 0.25) is 0 Å². The summed E-state index contributed by atoms with van der Waals surface area (Å²) in [7, 11) is 0. The van der Waals surface area contributed by atoms with Gasteiger partial charge in [0.05, 0.1) is 0 Å². The summed E-state index contributed by atoms with van der Waals surface area (Å²) in [5.41, 5.74) is 8.21. The third kappa shape index (κ3) is 4.71. The van der Waals surface area contributed by atoms with Gasteiger partial charge in [-0.15, -0.1) is 0 Å². The third-order valence-electron chi connectivity index (χ3n) is 2.51. The molecular weight excluding hydrogens is 246 g/mol. The number of carbonyl (C=O) groups excluding carboxylic acids is 1. The number of benzene rings is 1. The van der Waals surface area contributed by atoms with Crippen LogP contribution < -0.4 is 16.4 Å². The topological polar surface area (TPSA) is 67.2 Å². The molecule has 0 saturated carbocycles. The summed E-state index contributed by atoms with van der Waals surface area (Å²) in [6.45, 7) is 3.97. The van der Waals surface area contributed by atoms with Gasteiger partial charge in [0, 0.05) is 17.8 Å². The van der Waals surface area contributed by atoms with Gasteiger partial charge < -0.3 is 16.4 Å². The lowest BCUT2D eigenvalue weighted by Gasteiger charge is -2.12. The highest BCUT2D eigenvalue weighted by Gasteiger charge is 2.05. The maximum atomic E-state index is 11.5. The summed E-state index contributed by atoms with van der Waals surface area (Å²) in [4.78, 5) is 11.5. The number of carbonyl (C=O) groups is 1. The molecule has 0 atom stereocenters. The average molecular weight is 265 g/mol. The Hall–Kier alpha value is -1.62. The molecule has 4 N–H and O–H groups in total. The number of amides is 1. The normalized spacial score (nSPS) is 9.89. The first-order chi connectivity index (χ1) is 8.52. The van der Waals surface area contributed by atoms with Gasteiger partial charge in [0.1, 0.15) is 0 Å². The smallest absolute Gasteiger partial charge is 0.226 e. The average Bonchev–Trinajstić information content (AvgIpc) is 2.30. The molecule has 0 aromatic heterocycles. The van der Waals surface area contributed by atoms with Crippen molar-refractivity contribution in [2.45, 2.75) is 33.1 Å². The molecule has 0 bridgehead atoms. The fourth-order valence-electron chi connectivity index (χ4n) is 1.51. The number of unbranched alkanes of at least 4 members (excludes halogenated alkanes) is 1. The van der Waals surface area contributed by atoms with Crippen LogP contribution in [0.5, 0.6) is 0 Å². The minimum atomic E-state index is -0.0533. The first-order valence-corrected chi connectivity index (χ1v) is 6.40. The highest BCUT2D eigenvalue weighted by atomic mass is 32.1. The van der Waals surface area contributed by atoms with Gasteiger partial charge in [-0.2, -0.15) is 0 Å². The van der Waals surface area contributed by atoms with Crippen molar-refractivity contribution in [3.05, 3.63) is 23.8 Å². The van der Waals surface area contributed by atoms with Crippen LogP contribution in [0.15, 0.2) is 18.2 Å². The monoisotopic (exact) mass is 265 g/mol. The van der Waals surface area contributed by atoms with Crippen LogP contribution >= 0.6 is 12.2 Å². The molecule has 1 aromatic carbocycles. The predicted molar refractivity (Wildman–Crippen MR) is 79.5 cm³/mol. The first kappa shape index (κ1) is 14.4. The Morgan fingerprint density at radius 3 is 2.78 bits per heavy atom. The van der Waals surface area contributed by atoms with Crippen LogP contribution in [0, 0.1) is 6.92 Å². The Morgan fingerprint density at radius 2 is 2.17 bits per heavy atom. The molecule has 0 spiro atoms. The minimum Gasteiger partial charge on any atom is -0.399 e. The molecule has 0 saturated heterocycles. The van der Waals surface area contributed by atoms with Gasteiger partial charge in [0.25, 0.3) is 0 Å². The van der Waals surface area contributed by atoms with Crippen molar-refractivity contribution in [1.29, 1.82) is 0 Å². The van der Waals surface area contributed by atoms with E-state index in [1.165, 1.54) is 0 Å². The van der Waals surface area contributed by atoms with E-state index >= 15 is 0 Å². The highest BCUT2D eigenvalue weighted by Crippen LogP contribution is 2.17. The second-order valence-corrected chi connectivity index (χ2v) is 4.59. The number of aryl methyl sites for hydroxylation is 1. The van der Waals surface area contributed by atoms with E-state index < -0.39 is 0 Å². The largest absolute Gasteiger partial charge is 0.399 e. The predicted octanol–water partition coefficient (Wildman–Crippen LogP) is 2.58. The molecular formula is C13H19N3OS. The molecule has 0 radical (unpaired) electrons. The van der Waals surface area contributed by atoms with Crippen molar-refractivity contribution >= 4 is 34.6 Å². The zero-order valence-corrected chi connectivity index (χ0v) is 11.6. The van der Waals surface area contributed by atoms with E-state index in [1.807, 2.05) is 26.0 Å². The van der Waals surface area contributed by atoms with Crippen molar-refractivity contribution in [3.63, 3.8) is 0 Å². The molecule has 5 heteroatoms. The quantitative estimate of drug-likeness (QED) is 0.578. The van der Waals surface area contributed by atoms with E-state index in [4.69, 9.17) is 18.0 Å². The fourth-order valence-corrected chi connectivity index (χ4v) is 1.73. The summed E-state index contributed by atoms with van der Waals surface area (Å²) in [6.07, 6.45) is 2.36. The molecule has 1 aromatic rings. The molecule has 98 valence electrons. The van der Waals surface area contributed by atoms with E-state index in [0.717, 1.165) is 24.1 Å². The highest BCUT2D eigenvalue weighted by molar-refractivity contribution is 7.80. The van der Waals surface area contributed by atoms with Crippen LogP contribution in [-0.2, 0) is 4.79 Å². The van der Waals surface area contributed by atoms with Crippen LogP contribution in [0.1, 0.15) is 31.7 Å². The Morgan fingerprint density at radius 1 is 1.44 bits per heavy atom. The molecule has 0 heterocycles. The first-order valence-electron chi connectivity index (χ1n) is 6.00.